The number of hydrogen-bond donors (Lipinski definition) is 2. The molecule has 0 radical (unpaired) electrons. The van der Waals surface area contributed by atoms with Crippen LogP contribution < -0.4 is 10.6 Å². The zero-order valence-electron chi connectivity index (χ0n) is 14.3. The molecule has 2 N–H and O–H groups in total. The van der Waals surface area contributed by atoms with Crippen molar-refractivity contribution in [3.05, 3.63) is 34.8 Å². The van der Waals surface area contributed by atoms with E-state index in [4.69, 9.17) is 0 Å². The molecule has 0 spiro atoms. The Bertz CT molecular complexity index is 703. The zero-order valence-corrected chi connectivity index (χ0v) is 15.1. The number of carbonyl (C=O) groups is 1. The van der Waals surface area contributed by atoms with E-state index >= 15 is 0 Å². The van der Waals surface area contributed by atoms with Crippen molar-refractivity contribution in [1.82, 2.24) is 20.6 Å². The number of aromatic nitrogens is 2. The first-order valence-electron chi connectivity index (χ1n) is 9.19. The van der Waals surface area contributed by atoms with Gasteiger partial charge >= 0.3 is 0 Å². The van der Waals surface area contributed by atoms with E-state index in [-0.39, 0.29) is 11.9 Å². The van der Waals surface area contributed by atoms with E-state index in [0.717, 1.165) is 29.2 Å². The number of pyridine rings is 1. The molecule has 6 heteroatoms. The van der Waals surface area contributed by atoms with E-state index in [2.05, 4.69) is 20.6 Å². The van der Waals surface area contributed by atoms with Gasteiger partial charge < -0.3 is 10.6 Å². The maximum atomic E-state index is 12.4. The molecule has 0 aromatic carbocycles. The third kappa shape index (κ3) is 3.90. The summed E-state index contributed by atoms with van der Waals surface area (Å²) in [6.07, 6.45) is 8.66. The summed E-state index contributed by atoms with van der Waals surface area (Å²) in [4.78, 5) is 21.4. The molecule has 1 amide bonds. The van der Waals surface area contributed by atoms with Crippen LogP contribution in [0.3, 0.4) is 0 Å². The van der Waals surface area contributed by atoms with E-state index in [0.29, 0.717) is 18.5 Å². The third-order valence-electron chi connectivity index (χ3n) is 5.30. The fraction of sp³-hybridized carbons (Fsp3) is 0.526. The fourth-order valence-electron chi connectivity index (χ4n) is 3.99. The van der Waals surface area contributed by atoms with Gasteiger partial charge in [0.15, 0.2) is 0 Å². The van der Waals surface area contributed by atoms with Crippen molar-refractivity contribution in [2.24, 2.45) is 5.92 Å². The van der Waals surface area contributed by atoms with Gasteiger partial charge in [-0.1, -0.05) is 18.9 Å². The molecule has 0 bridgehead atoms. The van der Waals surface area contributed by atoms with Gasteiger partial charge in [-0.25, -0.2) is 4.98 Å². The zero-order chi connectivity index (χ0) is 17.1. The molecular weight excluding hydrogens is 332 g/mol. The van der Waals surface area contributed by atoms with Gasteiger partial charge in [0.25, 0.3) is 0 Å². The molecule has 3 unspecified atom stereocenters. The molecule has 3 heterocycles. The first-order valence-corrected chi connectivity index (χ1v) is 10.1. The van der Waals surface area contributed by atoms with Gasteiger partial charge in [0.05, 0.1) is 22.4 Å². The number of rotatable bonds is 5. The molecule has 4 rings (SSSR count). The lowest BCUT2D eigenvalue weighted by Crippen LogP contribution is -2.43. The molecule has 1 aliphatic carbocycles. The van der Waals surface area contributed by atoms with Crippen molar-refractivity contribution in [1.29, 1.82) is 0 Å². The average Bonchev–Trinajstić information content (AvgIpc) is 3.29. The molecule has 1 saturated heterocycles. The van der Waals surface area contributed by atoms with Crippen LogP contribution in [0.15, 0.2) is 29.8 Å². The van der Waals surface area contributed by atoms with Crippen LogP contribution in [-0.2, 0) is 11.2 Å². The van der Waals surface area contributed by atoms with Crippen molar-refractivity contribution in [2.45, 2.75) is 50.6 Å². The van der Waals surface area contributed by atoms with Crippen LogP contribution in [-0.4, -0.2) is 34.5 Å². The van der Waals surface area contributed by atoms with Crippen molar-refractivity contribution >= 4 is 17.2 Å². The van der Waals surface area contributed by atoms with Gasteiger partial charge in [0.1, 0.15) is 0 Å². The standard InChI is InChI=1S/C19H24N4OS/c24-19(16-11-13-5-1-2-6-14(13)22-16)21-10-8-18-23-17(12-25-18)15-7-3-4-9-20-15/h3-4,7,9,12-14,16,22H,1-2,5-6,8,10-11H2,(H,21,24). The number of nitrogens with zero attached hydrogens (tertiary/aromatic N) is 2. The normalized spacial score (nSPS) is 25.5. The first kappa shape index (κ1) is 16.7. The molecule has 5 nitrogen and oxygen atoms in total. The summed E-state index contributed by atoms with van der Waals surface area (Å²) in [5, 5.41) is 9.68. The molecule has 1 saturated carbocycles. The monoisotopic (exact) mass is 356 g/mol. The number of carbonyl (C=O) groups excluding carboxylic acids is 1. The van der Waals surface area contributed by atoms with E-state index in [1.807, 2.05) is 23.6 Å². The van der Waals surface area contributed by atoms with Crippen LogP contribution in [0, 0.1) is 5.92 Å². The molecule has 2 aromatic heterocycles. The SMILES string of the molecule is O=C(NCCc1nc(-c2ccccn2)cs1)C1CC2CCCCC2N1. The van der Waals surface area contributed by atoms with Gasteiger partial charge in [0, 0.05) is 30.6 Å². The van der Waals surface area contributed by atoms with Crippen LogP contribution in [0.1, 0.15) is 37.1 Å². The highest BCUT2D eigenvalue weighted by molar-refractivity contribution is 7.09. The van der Waals surface area contributed by atoms with Gasteiger partial charge in [-0.2, -0.15) is 0 Å². The maximum absolute atomic E-state index is 12.4. The van der Waals surface area contributed by atoms with Crippen LogP contribution >= 0.6 is 11.3 Å². The largest absolute Gasteiger partial charge is 0.354 e. The Labute approximate surface area is 152 Å². The number of amides is 1. The Kier molecular flexibility index (Phi) is 5.08. The van der Waals surface area contributed by atoms with E-state index in [1.165, 1.54) is 25.7 Å². The van der Waals surface area contributed by atoms with Gasteiger partial charge in [-0.05, 0) is 37.3 Å². The highest BCUT2D eigenvalue weighted by Crippen LogP contribution is 2.33. The third-order valence-corrected chi connectivity index (χ3v) is 6.21. The number of thiazole rings is 1. The predicted octanol–water partition coefficient (Wildman–Crippen LogP) is 2.78. The minimum absolute atomic E-state index is 0.00604. The van der Waals surface area contributed by atoms with E-state index < -0.39 is 0 Å². The molecule has 3 atom stereocenters. The molecule has 25 heavy (non-hydrogen) atoms. The molecule has 2 aromatic rings. The van der Waals surface area contributed by atoms with Crippen molar-refractivity contribution in [3.63, 3.8) is 0 Å². The summed E-state index contributed by atoms with van der Waals surface area (Å²) in [5.41, 5.74) is 1.81. The van der Waals surface area contributed by atoms with Gasteiger partial charge in [-0.15, -0.1) is 11.3 Å². The van der Waals surface area contributed by atoms with Crippen LogP contribution in [0.5, 0.6) is 0 Å². The second kappa shape index (κ2) is 7.62. The van der Waals surface area contributed by atoms with Crippen LogP contribution in [0.4, 0.5) is 0 Å². The molecule has 1 aliphatic heterocycles. The quantitative estimate of drug-likeness (QED) is 0.864. The summed E-state index contributed by atoms with van der Waals surface area (Å²) in [5.74, 6) is 0.847. The Hall–Kier alpha value is -1.79. The number of hydrogen-bond acceptors (Lipinski definition) is 5. The highest BCUT2D eigenvalue weighted by atomic mass is 32.1. The van der Waals surface area contributed by atoms with Crippen molar-refractivity contribution in [3.8, 4) is 11.4 Å². The Morgan fingerprint density at radius 1 is 1.28 bits per heavy atom. The topological polar surface area (TPSA) is 66.9 Å². The summed E-state index contributed by atoms with van der Waals surface area (Å²) in [6, 6.07) is 6.39. The first-order chi connectivity index (χ1) is 12.3. The molecule has 132 valence electrons. The lowest BCUT2D eigenvalue weighted by molar-refractivity contribution is -0.122. The molecule has 2 fully saturated rings. The minimum atomic E-state index is -0.00604. The van der Waals surface area contributed by atoms with E-state index in [1.54, 1.807) is 17.5 Å². The summed E-state index contributed by atoms with van der Waals surface area (Å²) in [7, 11) is 0. The highest BCUT2D eigenvalue weighted by Gasteiger charge is 2.37. The summed E-state index contributed by atoms with van der Waals surface area (Å²) in [6.45, 7) is 0.640. The average molecular weight is 356 g/mol. The van der Waals surface area contributed by atoms with Crippen molar-refractivity contribution < 1.29 is 4.79 Å². The lowest BCUT2D eigenvalue weighted by Gasteiger charge is -2.24. The van der Waals surface area contributed by atoms with Crippen molar-refractivity contribution in [2.75, 3.05) is 6.54 Å². The van der Waals surface area contributed by atoms with Crippen LogP contribution in [0.2, 0.25) is 0 Å². The number of nitrogens with one attached hydrogen (secondary N) is 2. The van der Waals surface area contributed by atoms with Gasteiger partial charge in [-0.3, -0.25) is 9.78 Å². The molecular formula is C19H24N4OS. The lowest BCUT2D eigenvalue weighted by atomic mass is 9.85. The minimum Gasteiger partial charge on any atom is -0.354 e. The summed E-state index contributed by atoms with van der Waals surface area (Å²) >= 11 is 1.63. The molecule has 2 aliphatic rings. The number of fused-ring (bicyclic) bond motifs is 1. The van der Waals surface area contributed by atoms with E-state index in [9.17, 15) is 4.79 Å². The smallest absolute Gasteiger partial charge is 0.237 e. The predicted molar refractivity (Wildman–Crippen MR) is 99.3 cm³/mol. The fourth-order valence-corrected chi connectivity index (χ4v) is 4.79. The Balaban J connectivity index is 1.25. The Morgan fingerprint density at radius 3 is 3.04 bits per heavy atom. The second-order valence-corrected chi connectivity index (χ2v) is 7.93. The second-order valence-electron chi connectivity index (χ2n) is 6.99. The Morgan fingerprint density at radius 2 is 2.20 bits per heavy atom. The van der Waals surface area contributed by atoms with Gasteiger partial charge in [0.2, 0.25) is 5.91 Å². The summed E-state index contributed by atoms with van der Waals surface area (Å²) < 4.78 is 0. The maximum Gasteiger partial charge on any atom is 0.237 e. The van der Waals surface area contributed by atoms with Crippen LogP contribution in [0.25, 0.3) is 11.4 Å².